The van der Waals surface area contributed by atoms with Gasteiger partial charge in [-0.25, -0.2) is 9.78 Å². The van der Waals surface area contributed by atoms with E-state index in [1.807, 2.05) is 36.3 Å². The average molecular weight is 332 g/mol. The molecule has 6 heteroatoms. The minimum atomic E-state index is -0.188. The molecule has 1 aromatic heterocycles. The molecule has 0 spiro atoms. The van der Waals surface area contributed by atoms with Crippen LogP contribution >= 0.6 is 0 Å². The Morgan fingerprint density at radius 2 is 1.92 bits per heavy atom. The van der Waals surface area contributed by atoms with Gasteiger partial charge in [0.05, 0.1) is 6.10 Å². The molecule has 3 rings (SSSR count). The zero-order chi connectivity index (χ0) is 16.9. The molecule has 0 radical (unpaired) electrons. The summed E-state index contributed by atoms with van der Waals surface area (Å²) in [5.41, 5.74) is 0. The summed E-state index contributed by atoms with van der Waals surface area (Å²) in [6, 6.07) is 6.48. The Balaban J connectivity index is 1.46. The second-order valence-corrected chi connectivity index (χ2v) is 6.97. The largest absolute Gasteiger partial charge is 0.393 e. The number of anilines is 1. The van der Waals surface area contributed by atoms with Crippen molar-refractivity contribution in [3.63, 3.8) is 0 Å². The third kappa shape index (κ3) is 4.17. The van der Waals surface area contributed by atoms with E-state index in [9.17, 15) is 9.90 Å². The highest BCUT2D eigenvalue weighted by Crippen LogP contribution is 2.21. The molecule has 2 heterocycles. The Hall–Kier alpha value is -1.82. The lowest BCUT2D eigenvalue weighted by molar-refractivity contribution is 0.114. The monoisotopic (exact) mass is 332 g/mol. The molecule has 0 aromatic carbocycles. The number of carbonyl (C=O) groups is 1. The van der Waals surface area contributed by atoms with Crippen LogP contribution in [0.2, 0.25) is 0 Å². The molecule has 0 atom stereocenters. The number of amides is 2. The standard InChI is InChI=1S/C18H28N4O2/c1-21(18(24)20-14-5-7-16(23)8-6-14)15-9-12-22(13-10-15)17-4-2-3-11-19-17/h2-4,11,14-16,23H,5-10,12-13H2,1H3,(H,20,24). The van der Waals surface area contributed by atoms with Crippen LogP contribution in [0.3, 0.4) is 0 Å². The molecule has 6 nitrogen and oxygen atoms in total. The molecule has 132 valence electrons. The number of hydrogen-bond donors (Lipinski definition) is 2. The first kappa shape index (κ1) is 17.0. The maximum Gasteiger partial charge on any atom is 0.317 e. The zero-order valence-corrected chi connectivity index (χ0v) is 14.4. The number of rotatable bonds is 3. The van der Waals surface area contributed by atoms with Crippen molar-refractivity contribution in [3.8, 4) is 0 Å². The Labute approximate surface area is 143 Å². The zero-order valence-electron chi connectivity index (χ0n) is 14.4. The molecule has 2 N–H and O–H groups in total. The van der Waals surface area contributed by atoms with E-state index in [0.717, 1.165) is 57.4 Å². The average Bonchev–Trinajstić information content (AvgIpc) is 2.64. The molecule has 24 heavy (non-hydrogen) atoms. The first-order valence-corrected chi connectivity index (χ1v) is 9.01. The Bertz CT molecular complexity index is 523. The molecule has 2 amide bonds. The van der Waals surface area contributed by atoms with Crippen molar-refractivity contribution in [3.05, 3.63) is 24.4 Å². The van der Waals surface area contributed by atoms with Crippen molar-refractivity contribution < 1.29 is 9.90 Å². The van der Waals surface area contributed by atoms with Crippen molar-refractivity contribution in [2.45, 2.75) is 56.7 Å². The number of aliphatic hydroxyl groups is 1. The van der Waals surface area contributed by atoms with E-state index in [0.29, 0.717) is 0 Å². The number of hydrogen-bond acceptors (Lipinski definition) is 4. The van der Waals surface area contributed by atoms with Gasteiger partial charge in [0.25, 0.3) is 0 Å². The van der Waals surface area contributed by atoms with E-state index in [1.165, 1.54) is 0 Å². The van der Waals surface area contributed by atoms with Crippen molar-refractivity contribution in [2.75, 3.05) is 25.0 Å². The first-order chi connectivity index (χ1) is 11.6. The van der Waals surface area contributed by atoms with E-state index in [-0.39, 0.29) is 24.2 Å². The van der Waals surface area contributed by atoms with E-state index < -0.39 is 0 Å². The van der Waals surface area contributed by atoms with Crippen molar-refractivity contribution >= 4 is 11.8 Å². The number of nitrogens with zero attached hydrogens (tertiary/aromatic N) is 3. The van der Waals surface area contributed by atoms with Crippen LogP contribution in [-0.2, 0) is 0 Å². The van der Waals surface area contributed by atoms with Gasteiger partial charge in [-0.1, -0.05) is 6.07 Å². The molecular weight excluding hydrogens is 304 g/mol. The van der Waals surface area contributed by atoms with Gasteiger partial charge in [-0.2, -0.15) is 0 Å². The molecule has 1 aliphatic heterocycles. The van der Waals surface area contributed by atoms with Crippen LogP contribution in [0.5, 0.6) is 0 Å². The minimum Gasteiger partial charge on any atom is -0.393 e. The van der Waals surface area contributed by atoms with Gasteiger partial charge in [-0.05, 0) is 50.7 Å². The number of piperidine rings is 1. The molecule has 1 saturated carbocycles. The van der Waals surface area contributed by atoms with E-state index in [1.54, 1.807) is 0 Å². The summed E-state index contributed by atoms with van der Waals surface area (Å²) in [7, 11) is 1.90. The third-order valence-electron chi connectivity index (χ3n) is 5.33. The van der Waals surface area contributed by atoms with Gasteiger partial charge in [0.15, 0.2) is 0 Å². The topological polar surface area (TPSA) is 68.7 Å². The maximum atomic E-state index is 12.5. The Morgan fingerprint density at radius 1 is 1.21 bits per heavy atom. The Morgan fingerprint density at radius 3 is 2.54 bits per heavy atom. The van der Waals surface area contributed by atoms with Crippen LogP contribution < -0.4 is 10.2 Å². The lowest BCUT2D eigenvalue weighted by Crippen LogP contribution is -2.51. The predicted molar refractivity (Wildman–Crippen MR) is 94.0 cm³/mol. The lowest BCUT2D eigenvalue weighted by atomic mass is 9.93. The van der Waals surface area contributed by atoms with Gasteiger partial charge in [0.2, 0.25) is 0 Å². The highest BCUT2D eigenvalue weighted by Gasteiger charge is 2.28. The quantitative estimate of drug-likeness (QED) is 0.888. The summed E-state index contributed by atoms with van der Waals surface area (Å²) < 4.78 is 0. The van der Waals surface area contributed by atoms with Gasteiger partial charge in [0.1, 0.15) is 5.82 Å². The summed E-state index contributed by atoms with van der Waals surface area (Å²) in [6.45, 7) is 1.85. The first-order valence-electron chi connectivity index (χ1n) is 9.01. The van der Waals surface area contributed by atoms with Gasteiger partial charge < -0.3 is 20.2 Å². The van der Waals surface area contributed by atoms with Crippen molar-refractivity contribution in [2.24, 2.45) is 0 Å². The number of urea groups is 1. The fourth-order valence-electron chi connectivity index (χ4n) is 3.69. The van der Waals surface area contributed by atoms with Gasteiger partial charge in [-0.15, -0.1) is 0 Å². The van der Waals surface area contributed by atoms with Crippen LogP contribution in [-0.4, -0.2) is 59.3 Å². The van der Waals surface area contributed by atoms with Crippen LogP contribution in [0.25, 0.3) is 0 Å². The van der Waals surface area contributed by atoms with Crippen molar-refractivity contribution in [1.82, 2.24) is 15.2 Å². The van der Waals surface area contributed by atoms with Crippen LogP contribution in [0.15, 0.2) is 24.4 Å². The molecule has 1 aromatic rings. The SMILES string of the molecule is CN(C(=O)NC1CCC(O)CC1)C1CCN(c2ccccn2)CC1. The number of aromatic nitrogens is 1. The fraction of sp³-hybridized carbons (Fsp3) is 0.667. The summed E-state index contributed by atoms with van der Waals surface area (Å²) in [6.07, 6.45) is 6.88. The number of nitrogens with one attached hydrogen (secondary N) is 1. The van der Waals surface area contributed by atoms with Crippen LogP contribution in [0, 0.1) is 0 Å². The smallest absolute Gasteiger partial charge is 0.317 e. The van der Waals surface area contributed by atoms with Gasteiger partial charge in [-0.3, -0.25) is 0 Å². The van der Waals surface area contributed by atoms with Crippen LogP contribution in [0.4, 0.5) is 10.6 Å². The summed E-state index contributed by atoms with van der Waals surface area (Å²) in [5, 5.41) is 12.7. The van der Waals surface area contributed by atoms with E-state index in [2.05, 4.69) is 15.2 Å². The predicted octanol–water partition coefficient (Wildman–Crippen LogP) is 2.00. The van der Waals surface area contributed by atoms with Gasteiger partial charge in [0, 0.05) is 38.4 Å². The summed E-state index contributed by atoms with van der Waals surface area (Å²) in [5.74, 6) is 1.02. The molecule has 0 unspecified atom stereocenters. The molecule has 1 aliphatic carbocycles. The normalized spacial score (nSPS) is 25.3. The van der Waals surface area contributed by atoms with Crippen LogP contribution in [0.1, 0.15) is 38.5 Å². The highest BCUT2D eigenvalue weighted by atomic mass is 16.3. The van der Waals surface area contributed by atoms with Crippen molar-refractivity contribution in [1.29, 1.82) is 0 Å². The molecule has 1 saturated heterocycles. The number of carbonyl (C=O) groups excluding carboxylic acids is 1. The minimum absolute atomic E-state index is 0.0210. The second-order valence-electron chi connectivity index (χ2n) is 6.97. The van der Waals surface area contributed by atoms with E-state index in [4.69, 9.17) is 0 Å². The number of pyridine rings is 1. The third-order valence-corrected chi connectivity index (χ3v) is 5.33. The fourth-order valence-corrected chi connectivity index (χ4v) is 3.69. The summed E-state index contributed by atoms with van der Waals surface area (Å²) >= 11 is 0. The van der Waals surface area contributed by atoms with Gasteiger partial charge >= 0.3 is 6.03 Å². The summed E-state index contributed by atoms with van der Waals surface area (Å²) in [4.78, 5) is 21.0. The number of aliphatic hydroxyl groups excluding tert-OH is 1. The molecular formula is C18H28N4O2. The molecule has 0 bridgehead atoms. The highest BCUT2D eigenvalue weighted by molar-refractivity contribution is 5.74. The van der Waals surface area contributed by atoms with E-state index >= 15 is 0 Å². The lowest BCUT2D eigenvalue weighted by Gasteiger charge is -2.38. The molecule has 2 aliphatic rings. The second kappa shape index (κ2) is 7.83. The maximum absolute atomic E-state index is 12.5. The molecule has 2 fully saturated rings. The Kier molecular flexibility index (Phi) is 5.56.